The zero-order valence-electron chi connectivity index (χ0n) is 20.8. The van der Waals surface area contributed by atoms with Crippen LogP contribution in [-0.4, -0.2) is 54.0 Å². The van der Waals surface area contributed by atoms with Gasteiger partial charge in [-0.2, -0.15) is 9.49 Å². The molecule has 0 saturated carbocycles. The number of alkyl halides is 2. The lowest BCUT2D eigenvalue weighted by Gasteiger charge is -2.16. The van der Waals surface area contributed by atoms with Crippen LogP contribution in [0, 0.1) is 12.1 Å². The number of nitrogens with zero attached hydrogens (tertiary/aromatic N) is 5. The van der Waals surface area contributed by atoms with E-state index in [1.54, 1.807) is 29.6 Å². The Morgan fingerprint density at radius 1 is 1.08 bits per heavy atom. The summed E-state index contributed by atoms with van der Waals surface area (Å²) in [6, 6.07) is 11.2. The number of nitrogens with one attached hydrogen (secondary N) is 2. The van der Waals surface area contributed by atoms with Crippen molar-refractivity contribution in [3.05, 3.63) is 71.2 Å². The van der Waals surface area contributed by atoms with Gasteiger partial charge in [-0.3, -0.25) is 20.0 Å². The number of imidazole rings is 1. The lowest BCUT2D eigenvalue weighted by Crippen LogP contribution is -2.24. The summed E-state index contributed by atoms with van der Waals surface area (Å²) in [5.41, 5.74) is 7.18. The van der Waals surface area contributed by atoms with Crippen molar-refractivity contribution in [1.82, 2.24) is 35.0 Å². The molecule has 6 aromatic rings. The average molecular weight is 546 g/mol. The molecule has 7 nitrogen and oxygen atoms in total. The van der Waals surface area contributed by atoms with E-state index in [0.717, 1.165) is 60.6 Å². The number of fused-ring (bicyclic) bond motifs is 2. The molecule has 0 bridgehead atoms. The van der Waals surface area contributed by atoms with E-state index in [1.807, 2.05) is 31.2 Å². The first-order valence-electron chi connectivity index (χ1n) is 12.5. The van der Waals surface area contributed by atoms with Gasteiger partial charge in [-0.05, 0) is 42.8 Å². The van der Waals surface area contributed by atoms with Gasteiger partial charge < -0.3 is 4.98 Å². The molecular formula is C28H22F3N7S. The van der Waals surface area contributed by atoms with Gasteiger partial charge >= 0.3 is 0 Å². The van der Waals surface area contributed by atoms with Crippen LogP contribution in [0.1, 0.15) is 17.5 Å². The molecule has 1 aliphatic rings. The summed E-state index contributed by atoms with van der Waals surface area (Å²) in [6.07, 6.45) is 5.00. The van der Waals surface area contributed by atoms with Gasteiger partial charge in [0.2, 0.25) is 0 Å². The highest BCUT2D eigenvalue weighted by atomic mass is 32.1. The predicted octanol–water partition coefficient (Wildman–Crippen LogP) is 6.58. The number of H-pyrrole nitrogens is 2. The quantitative estimate of drug-likeness (QED) is 0.256. The van der Waals surface area contributed by atoms with Crippen molar-refractivity contribution in [2.75, 3.05) is 13.1 Å². The fourth-order valence-corrected chi connectivity index (χ4v) is 5.98. The minimum Gasteiger partial charge on any atom is -0.335 e. The van der Waals surface area contributed by atoms with Crippen LogP contribution in [0.4, 0.5) is 13.2 Å². The number of hydrogen-bond donors (Lipinski definition) is 2. The maximum Gasteiger partial charge on any atom is 0.261 e. The number of hydrogen-bond acceptors (Lipinski definition) is 6. The van der Waals surface area contributed by atoms with Gasteiger partial charge in [-0.1, -0.05) is 11.6 Å². The molecule has 0 radical (unpaired) electrons. The van der Waals surface area contributed by atoms with Gasteiger partial charge in [0.15, 0.2) is 11.0 Å². The first kappa shape index (κ1) is 24.0. The highest BCUT2D eigenvalue weighted by molar-refractivity contribution is 7.14. The molecule has 0 spiro atoms. The lowest BCUT2D eigenvalue weighted by molar-refractivity contribution is 0.0115. The van der Waals surface area contributed by atoms with Crippen molar-refractivity contribution in [2.24, 2.45) is 0 Å². The molecule has 7 rings (SSSR count). The molecule has 39 heavy (non-hydrogen) atoms. The molecule has 0 atom stereocenters. The number of rotatable bonds is 5. The van der Waals surface area contributed by atoms with Gasteiger partial charge in [-0.25, -0.2) is 13.8 Å². The van der Waals surface area contributed by atoms with Crippen molar-refractivity contribution < 1.29 is 13.2 Å². The molecule has 0 aliphatic carbocycles. The summed E-state index contributed by atoms with van der Waals surface area (Å²) in [4.78, 5) is 19.6. The maximum absolute atomic E-state index is 13.7. The van der Waals surface area contributed by atoms with Crippen molar-refractivity contribution in [2.45, 2.75) is 25.8 Å². The monoisotopic (exact) mass is 545 g/mol. The van der Waals surface area contributed by atoms with E-state index < -0.39 is 5.92 Å². The molecule has 2 N–H and O–H groups in total. The zero-order valence-corrected chi connectivity index (χ0v) is 21.6. The van der Waals surface area contributed by atoms with E-state index in [-0.39, 0.29) is 18.1 Å². The summed E-state index contributed by atoms with van der Waals surface area (Å²) in [7, 11) is 0. The zero-order chi connectivity index (χ0) is 26.7. The number of thiophene rings is 1. The Kier molecular flexibility index (Phi) is 5.53. The summed E-state index contributed by atoms with van der Waals surface area (Å²) in [6.45, 7) is 2.63. The molecular weight excluding hydrogens is 523 g/mol. The Bertz CT molecular complexity index is 1850. The van der Waals surface area contributed by atoms with Crippen molar-refractivity contribution >= 4 is 33.3 Å². The largest absolute Gasteiger partial charge is 0.335 e. The SMILES string of the molecule is Cc1cc(CN2CCC(F)(F)C2)cc(-c2cc3c(-c4nc5c(-c6ccc(F)s6)cncc5[nH]4)n[nH]c3cn2)c1. The fraction of sp³-hybridized carbons (Fsp3) is 0.214. The highest BCUT2D eigenvalue weighted by Crippen LogP contribution is 2.35. The molecule has 1 aliphatic heterocycles. The standard InChI is InChI=1S/C28H22F3N7S/c1-15-6-16(13-38-5-4-28(30,31)14-38)8-17(7-15)20-9-18-21(12-33-20)36-37-26(18)27-34-22-11-32-10-19(25(22)35-27)23-2-3-24(29)39-23/h2-3,6-12H,4-5,13-14H2,1H3,(H,34,35)(H,36,37). The number of likely N-dealkylation sites (tertiary alicyclic amines) is 1. The molecule has 1 aromatic carbocycles. The smallest absolute Gasteiger partial charge is 0.261 e. The molecule has 1 saturated heterocycles. The Morgan fingerprint density at radius 2 is 1.97 bits per heavy atom. The van der Waals surface area contributed by atoms with Crippen LogP contribution >= 0.6 is 11.3 Å². The topological polar surface area (TPSA) is 86.4 Å². The van der Waals surface area contributed by atoms with Crippen LogP contribution in [0.5, 0.6) is 0 Å². The van der Waals surface area contributed by atoms with Crippen LogP contribution in [0.15, 0.2) is 55.0 Å². The number of aromatic amines is 2. The van der Waals surface area contributed by atoms with Crippen molar-refractivity contribution in [3.63, 3.8) is 0 Å². The summed E-state index contributed by atoms with van der Waals surface area (Å²) < 4.78 is 41.1. The summed E-state index contributed by atoms with van der Waals surface area (Å²) in [5.74, 6) is -2.07. The van der Waals surface area contributed by atoms with Crippen molar-refractivity contribution in [1.29, 1.82) is 0 Å². The Balaban J connectivity index is 1.26. The maximum atomic E-state index is 13.7. The first-order valence-corrected chi connectivity index (χ1v) is 13.3. The van der Waals surface area contributed by atoms with Gasteiger partial charge in [-0.15, -0.1) is 11.3 Å². The molecule has 0 unspecified atom stereocenters. The second-order valence-corrected chi connectivity index (χ2v) is 11.0. The Labute approximate surface area is 224 Å². The van der Waals surface area contributed by atoms with Gasteiger partial charge in [0.05, 0.1) is 35.7 Å². The number of aryl methyl sites for hydroxylation is 1. The number of halogens is 3. The Morgan fingerprint density at radius 3 is 2.77 bits per heavy atom. The Hall–Kier alpha value is -4.09. The molecule has 0 amide bonds. The van der Waals surface area contributed by atoms with E-state index in [9.17, 15) is 13.2 Å². The van der Waals surface area contributed by atoms with E-state index in [1.165, 1.54) is 6.07 Å². The number of pyridine rings is 2. The van der Waals surface area contributed by atoms with Crippen LogP contribution in [0.2, 0.25) is 0 Å². The van der Waals surface area contributed by atoms with Gasteiger partial charge in [0, 0.05) is 47.1 Å². The average Bonchev–Trinajstić information content (AvgIpc) is 3.68. The predicted molar refractivity (Wildman–Crippen MR) is 145 cm³/mol. The van der Waals surface area contributed by atoms with Crippen LogP contribution < -0.4 is 0 Å². The van der Waals surface area contributed by atoms with Crippen LogP contribution in [0.25, 0.3) is 55.2 Å². The third kappa shape index (κ3) is 4.47. The minimum absolute atomic E-state index is 0.100. The second-order valence-electron chi connectivity index (χ2n) is 9.98. The third-order valence-electron chi connectivity index (χ3n) is 6.99. The second kappa shape index (κ2) is 8.99. The van der Waals surface area contributed by atoms with Gasteiger partial charge in [0.25, 0.3) is 5.92 Å². The lowest BCUT2D eigenvalue weighted by atomic mass is 10.0. The first-order chi connectivity index (χ1) is 18.8. The molecule has 11 heteroatoms. The fourth-order valence-electron chi connectivity index (χ4n) is 5.24. The van der Waals surface area contributed by atoms with Gasteiger partial charge in [0.1, 0.15) is 11.2 Å². The van der Waals surface area contributed by atoms with E-state index >= 15 is 0 Å². The van der Waals surface area contributed by atoms with E-state index in [4.69, 9.17) is 4.98 Å². The third-order valence-corrected chi connectivity index (χ3v) is 7.90. The number of aromatic nitrogens is 6. The minimum atomic E-state index is -2.62. The van der Waals surface area contributed by atoms with E-state index in [0.29, 0.717) is 30.1 Å². The molecule has 196 valence electrons. The molecule has 1 fully saturated rings. The van der Waals surface area contributed by atoms with Crippen LogP contribution in [0.3, 0.4) is 0 Å². The summed E-state index contributed by atoms with van der Waals surface area (Å²) in [5, 5.41) is 8.09. The highest BCUT2D eigenvalue weighted by Gasteiger charge is 2.37. The van der Waals surface area contributed by atoms with Crippen LogP contribution in [-0.2, 0) is 6.54 Å². The molecule has 5 aromatic heterocycles. The summed E-state index contributed by atoms with van der Waals surface area (Å²) >= 11 is 1.05. The number of benzene rings is 1. The van der Waals surface area contributed by atoms with Crippen molar-refractivity contribution in [3.8, 4) is 33.2 Å². The molecule has 6 heterocycles. The normalized spacial score (nSPS) is 15.6. The van der Waals surface area contributed by atoms with E-state index in [2.05, 4.69) is 25.1 Å².